The van der Waals surface area contributed by atoms with Gasteiger partial charge in [0.25, 0.3) is 0 Å². The van der Waals surface area contributed by atoms with Crippen LogP contribution < -0.4 is 0 Å². The van der Waals surface area contributed by atoms with Gasteiger partial charge >= 0.3 is 0 Å². The van der Waals surface area contributed by atoms with E-state index in [0.29, 0.717) is 0 Å². The van der Waals surface area contributed by atoms with Gasteiger partial charge in [0.1, 0.15) is 0 Å². The van der Waals surface area contributed by atoms with Gasteiger partial charge in [-0.1, -0.05) is 23.3 Å². The Balaban J connectivity index is 2.57. The van der Waals surface area contributed by atoms with E-state index < -0.39 is 0 Å². The van der Waals surface area contributed by atoms with Crippen molar-refractivity contribution in [3.05, 3.63) is 23.3 Å². The van der Waals surface area contributed by atoms with E-state index in [1.54, 1.807) is 11.1 Å². The fourth-order valence-corrected chi connectivity index (χ4v) is 1.28. The van der Waals surface area contributed by atoms with Crippen LogP contribution in [0.5, 0.6) is 0 Å². The Bertz CT molecular complexity index is 131. The molecule has 0 aromatic heterocycles. The van der Waals surface area contributed by atoms with Gasteiger partial charge in [-0.3, -0.25) is 0 Å². The first kappa shape index (κ1) is 6.60. The van der Waals surface area contributed by atoms with Crippen molar-refractivity contribution in [2.24, 2.45) is 0 Å². The maximum Gasteiger partial charge on any atom is -0.0108 e. The predicted octanol–water partition coefficient (Wildman–Crippen LogP) is 3.06. The zero-order chi connectivity index (χ0) is 6.69. The van der Waals surface area contributed by atoms with Crippen molar-refractivity contribution < 1.29 is 0 Å². The number of hydrogen-bond acceptors (Lipinski definition) is 0. The summed E-state index contributed by atoms with van der Waals surface area (Å²) >= 11 is 0. The molecule has 50 valence electrons. The minimum atomic E-state index is 1.24. The van der Waals surface area contributed by atoms with Crippen LogP contribution in [-0.2, 0) is 0 Å². The van der Waals surface area contributed by atoms with E-state index in [4.69, 9.17) is 0 Å². The van der Waals surface area contributed by atoms with Gasteiger partial charge in [-0.05, 0) is 33.1 Å². The maximum absolute atomic E-state index is 2.25. The van der Waals surface area contributed by atoms with Crippen LogP contribution >= 0.6 is 0 Å². The van der Waals surface area contributed by atoms with Gasteiger partial charge in [0.2, 0.25) is 0 Å². The summed E-state index contributed by atoms with van der Waals surface area (Å²) in [6.07, 6.45) is 8.34. The fourth-order valence-electron chi connectivity index (χ4n) is 1.28. The standard InChI is InChI=1S/C9H14/c1-3-8-5-6-9(4-2)7-8/h3-4H,5-7H2,1-2H3. The first-order valence-electron chi connectivity index (χ1n) is 3.65. The summed E-state index contributed by atoms with van der Waals surface area (Å²) in [5.41, 5.74) is 3.23. The Morgan fingerprint density at radius 2 is 1.44 bits per heavy atom. The van der Waals surface area contributed by atoms with E-state index >= 15 is 0 Å². The molecule has 0 aromatic rings. The van der Waals surface area contributed by atoms with Gasteiger partial charge in [-0.2, -0.15) is 0 Å². The van der Waals surface area contributed by atoms with Crippen LogP contribution in [0.2, 0.25) is 0 Å². The van der Waals surface area contributed by atoms with Crippen LogP contribution in [0.3, 0.4) is 0 Å². The molecule has 0 aromatic carbocycles. The van der Waals surface area contributed by atoms with Crippen LogP contribution in [0.4, 0.5) is 0 Å². The van der Waals surface area contributed by atoms with Crippen LogP contribution in [0, 0.1) is 0 Å². The molecule has 0 heterocycles. The summed E-state index contributed by atoms with van der Waals surface area (Å²) in [4.78, 5) is 0. The van der Waals surface area contributed by atoms with Crippen molar-refractivity contribution in [1.29, 1.82) is 0 Å². The summed E-state index contributed by atoms with van der Waals surface area (Å²) < 4.78 is 0. The zero-order valence-electron chi connectivity index (χ0n) is 6.28. The van der Waals surface area contributed by atoms with Crippen LogP contribution in [0.1, 0.15) is 33.1 Å². The molecular weight excluding hydrogens is 108 g/mol. The average Bonchev–Trinajstić information content (AvgIpc) is 2.34. The summed E-state index contributed by atoms with van der Waals surface area (Å²) in [5, 5.41) is 0. The van der Waals surface area contributed by atoms with Crippen molar-refractivity contribution in [2.45, 2.75) is 33.1 Å². The maximum atomic E-state index is 2.25. The van der Waals surface area contributed by atoms with E-state index in [1.807, 2.05) is 0 Å². The molecule has 9 heavy (non-hydrogen) atoms. The molecule has 0 nitrogen and oxygen atoms in total. The highest BCUT2D eigenvalue weighted by molar-refractivity contribution is 5.22. The van der Waals surface area contributed by atoms with Crippen molar-refractivity contribution in [3.8, 4) is 0 Å². The first-order chi connectivity index (χ1) is 4.36. The molecule has 0 aliphatic heterocycles. The SMILES string of the molecule is CC=C1CCC(=CC)C1. The van der Waals surface area contributed by atoms with Gasteiger partial charge in [-0.25, -0.2) is 0 Å². The predicted molar refractivity (Wildman–Crippen MR) is 41.4 cm³/mol. The molecule has 0 N–H and O–H groups in total. The van der Waals surface area contributed by atoms with Crippen molar-refractivity contribution in [1.82, 2.24) is 0 Å². The fraction of sp³-hybridized carbons (Fsp3) is 0.556. The Morgan fingerprint density at radius 1 is 1.00 bits per heavy atom. The van der Waals surface area contributed by atoms with E-state index in [-0.39, 0.29) is 0 Å². The second kappa shape index (κ2) is 2.86. The van der Waals surface area contributed by atoms with E-state index in [1.165, 1.54) is 19.3 Å². The van der Waals surface area contributed by atoms with E-state index in [9.17, 15) is 0 Å². The molecule has 0 heteroatoms. The van der Waals surface area contributed by atoms with Gasteiger partial charge in [0.05, 0.1) is 0 Å². The molecule has 0 amide bonds. The third-order valence-corrected chi connectivity index (χ3v) is 2.04. The van der Waals surface area contributed by atoms with E-state index in [0.717, 1.165) is 0 Å². The average molecular weight is 122 g/mol. The normalized spacial score (nSPS) is 28.2. The highest BCUT2D eigenvalue weighted by Gasteiger charge is 2.09. The lowest BCUT2D eigenvalue weighted by molar-refractivity contribution is 1.05. The first-order valence-corrected chi connectivity index (χ1v) is 3.65. The molecular formula is C9H14. The minimum absolute atomic E-state index is 1.24. The lowest BCUT2D eigenvalue weighted by atomic mass is 10.2. The van der Waals surface area contributed by atoms with Crippen molar-refractivity contribution in [3.63, 3.8) is 0 Å². The topological polar surface area (TPSA) is 0 Å². The van der Waals surface area contributed by atoms with Crippen LogP contribution in [0.25, 0.3) is 0 Å². The largest absolute Gasteiger partial charge is 0.0881 e. The molecule has 1 saturated carbocycles. The monoisotopic (exact) mass is 122 g/mol. The van der Waals surface area contributed by atoms with Gasteiger partial charge in [-0.15, -0.1) is 0 Å². The molecule has 0 radical (unpaired) electrons. The molecule has 0 spiro atoms. The third-order valence-electron chi connectivity index (χ3n) is 2.04. The Kier molecular flexibility index (Phi) is 2.10. The Morgan fingerprint density at radius 3 is 1.67 bits per heavy atom. The van der Waals surface area contributed by atoms with Gasteiger partial charge in [0.15, 0.2) is 0 Å². The Hall–Kier alpha value is -0.520. The van der Waals surface area contributed by atoms with Crippen LogP contribution in [0.15, 0.2) is 23.3 Å². The lowest BCUT2D eigenvalue weighted by Crippen LogP contribution is -1.68. The molecule has 1 rings (SSSR count). The minimum Gasteiger partial charge on any atom is -0.0881 e. The van der Waals surface area contributed by atoms with Crippen LogP contribution in [-0.4, -0.2) is 0 Å². The molecule has 0 saturated heterocycles. The highest BCUT2D eigenvalue weighted by atomic mass is 14.1. The molecule has 0 bridgehead atoms. The molecule has 1 aliphatic rings. The van der Waals surface area contributed by atoms with Gasteiger partial charge < -0.3 is 0 Å². The van der Waals surface area contributed by atoms with Crippen molar-refractivity contribution >= 4 is 0 Å². The third kappa shape index (κ3) is 1.44. The Labute approximate surface area is 57.3 Å². The number of hydrogen-bond donors (Lipinski definition) is 0. The summed E-state index contributed by atoms with van der Waals surface area (Å²) in [7, 11) is 0. The van der Waals surface area contributed by atoms with Gasteiger partial charge in [0, 0.05) is 0 Å². The molecule has 1 fully saturated rings. The lowest BCUT2D eigenvalue weighted by Gasteiger charge is -1.88. The summed E-state index contributed by atoms with van der Waals surface area (Å²) in [5.74, 6) is 0. The molecule has 1 aliphatic carbocycles. The number of rotatable bonds is 0. The molecule has 0 atom stereocenters. The smallest absolute Gasteiger partial charge is 0.0108 e. The molecule has 0 unspecified atom stereocenters. The zero-order valence-corrected chi connectivity index (χ0v) is 6.28. The second-order valence-corrected chi connectivity index (χ2v) is 2.57. The summed E-state index contributed by atoms with van der Waals surface area (Å²) in [6, 6.07) is 0. The number of allylic oxidation sites excluding steroid dienone is 4. The quantitative estimate of drug-likeness (QED) is 0.433. The second-order valence-electron chi connectivity index (χ2n) is 2.57. The summed E-state index contributed by atoms with van der Waals surface area (Å²) in [6.45, 7) is 4.27. The van der Waals surface area contributed by atoms with Crippen molar-refractivity contribution in [2.75, 3.05) is 0 Å². The van der Waals surface area contributed by atoms with E-state index in [2.05, 4.69) is 26.0 Å². The highest BCUT2D eigenvalue weighted by Crippen LogP contribution is 2.28.